The molecule has 0 saturated heterocycles. The fraction of sp³-hybridized carbons (Fsp3) is 0.188. The van der Waals surface area contributed by atoms with Crippen LogP contribution in [-0.2, 0) is 0 Å². The van der Waals surface area contributed by atoms with Crippen molar-refractivity contribution in [3.8, 4) is 5.75 Å². The minimum Gasteiger partial charge on any atom is -0.483 e. The Labute approximate surface area is 128 Å². The van der Waals surface area contributed by atoms with Gasteiger partial charge in [0.25, 0.3) is 5.91 Å². The summed E-state index contributed by atoms with van der Waals surface area (Å²) in [5, 5.41) is 0.602. The highest BCUT2D eigenvalue weighted by Crippen LogP contribution is 2.28. The van der Waals surface area contributed by atoms with Crippen molar-refractivity contribution in [2.75, 3.05) is 0 Å². The Kier molecular flexibility index (Phi) is 4.83. The van der Waals surface area contributed by atoms with Crippen molar-refractivity contribution < 1.29 is 9.53 Å². The first-order chi connectivity index (χ1) is 9.99. The molecule has 0 aliphatic carbocycles. The largest absolute Gasteiger partial charge is 0.483 e. The van der Waals surface area contributed by atoms with Gasteiger partial charge in [0.05, 0.1) is 5.56 Å². The summed E-state index contributed by atoms with van der Waals surface area (Å²) in [6, 6.07) is 13.8. The van der Waals surface area contributed by atoms with Crippen LogP contribution in [0, 0.1) is 0 Å². The summed E-state index contributed by atoms with van der Waals surface area (Å²) in [4.78, 5) is 11.5. The number of benzene rings is 2. The van der Waals surface area contributed by atoms with E-state index >= 15 is 0 Å². The first kappa shape index (κ1) is 15.4. The summed E-state index contributed by atoms with van der Waals surface area (Å²) in [5.41, 5.74) is 12.5. The fourth-order valence-electron chi connectivity index (χ4n) is 2.07. The Bertz CT molecular complexity index is 644. The van der Waals surface area contributed by atoms with Crippen molar-refractivity contribution >= 4 is 17.5 Å². The van der Waals surface area contributed by atoms with E-state index in [2.05, 4.69) is 0 Å². The molecule has 0 fully saturated rings. The van der Waals surface area contributed by atoms with Gasteiger partial charge in [0.1, 0.15) is 11.9 Å². The highest BCUT2D eigenvalue weighted by atomic mass is 35.5. The molecule has 0 heterocycles. The van der Waals surface area contributed by atoms with Crippen LogP contribution in [-0.4, -0.2) is 11.9 Å². The highest BCUT2D eigenvalue weighted by Gasteiger charge is 2.20. The predicted molar refractivity (Wildman–Crippen MR) is 83.4 cm³/mol. The third kappa shape index (κ3) is 3.74. The Morgan fingerprint density at radius 3 is 2.52 bits per heavy atom. The summed E-state index contributed by atoms with van der Waals surface area (Å²) in [6.07, 6.45) is -0.427. The van der Waals surface area contributed by atoms with Crippen LogP contribution < -0.4 is 16.2 Å². The van der Waals surface area contributed by atoms with Crippen LogP contribution in [0.5, 0.6) is 5.75 Å². The smallest absolute Gasteiger partial charge is 0.252 e. The lowest BCUT2D eigenvalue weighted by Gasteiger charge is -2.24. The van der Waals surface area contributed by atoms with Gasteiger partial charge in [-0.25, -0.2) is 0 Å². The molecule has 2 unspecified atom stereocenters. The zero-order chi connectivity index (χ0) is 15.4. The monoisotopic (exact) mass is 304 g/mol. The molecule has 0 spiro atoms. The number of rotatable bonds is 5. The zero-order valence-corrected chi connectivity index (χ0v) is 12.4. The van der Waals surface area contributed by atoms with E-state index in [1.165, 1.54) is 0 Å². The molecule has 4 N–H and O–H groups in total. The van der Waals surface area contributed by atoms with E-state index in [0.29, 0.717) is 16.3 Å². The van der Waals surface area contributed by atoms with Gasteiger partial charge in [-0.1, -0.05) is 35.9 Å². The van der Waals surface area contributed by atoms with E-state index < -0.39 is 12.0 Å². The number of hydrogen-bond donors (Lipinski definition) is 2. The van der Waals surface area contributed by atoms with Gasteiger partial charge < -0.3 is 16.2 Å². The van der Waals surface area contributed by atoms with Gasteiger partial charge in [0, 0.05) is 11.1 Å². The number of primary amides is 1. The predicted octanol–water partition coefficient (Wildman–Crippen LogP) is 2.91. The van der Waals surface area contributed by atoms with E-state index in [1.807, 2.05) is 19.1 Å². The van der Waals surface area contributed by atoms with Gasteiger partial charge in [-0.15, -0.1) is 0 Å². The maximum Gasteiger partial charge on any atom is 0.252 e. The van der Waals surface area contributed by atoms with Crippen LogP contribution in [0.4, 0.5) is 0 Å². The summed E-state index contributed by atoms with van der Waals surface area (Å²) >= 11 is 6.01. The molecule has 0 aliphatic heterocycles. The van der Waals surface area contributed by atoms with Crippen molar-refractivity contribution in [1.29, 1.82) is 0 Å². The van der Waals surface area contributed by atoms with Crippen LogP contribution in [0.25, 0.3) is 0 Å². The minimum atomic E-state index is -0.542. The maximum atomic E-state index is 11.5. The number of para-hydroxylation sites is 1. The van der Waals surface area contributed by atoms with E-state index in [9.17, 15) is 4.79 Å². The second-order valence-electron chi connectivity index (χ2n) is 4.81. The molecule has 2 aromatic rings. The lowest BCUT2D eigenvalue weighted by molar-refractivity contribution is 0.0990. The molecule has 2 aromatic carbocycles. The molecule has 2 rings (SSSR count). The Hall–Kier alpha value is -2.04. The van der Waals surface area contributed by atoms with Crippen molar-refractivity contribution in [3.63, 3.8) is 0 Å². The highest BCUT2D eigenvalue weighted by molar-refractivity contribution is 6.30. The second kappa shape index (κ2) is 6.61. The SMILES string of the molecule is CC(N)C(Oc1ccccc1C(N)=O)c1cccc(Cl)c1. The average Bonchev–Trinajstić information content (AvgIpc) is 2.44. The summed E-state index contributed by atoms with van der Waals surface area (Å²) < 4.78 is 5.92. The lowest BCUT2D eigenvalue weighted by Crippen LogP contribution is -2.29. The number of halogens is 1. The molecule has 0 aromatic heterocycles. The van der Waals surface area contributed by atoms with Crippen LogP contribution in [0.2, 0.25) is 5.02 Å². The van der Waals surface area contributed by atoms with Crippen molar-refractivity contribution in [2.45, 2.75) is 19.1 Å². The first-order valence-corrected chi connectivity index (χ1v) is 6.93. The Morgan fingerprint density at radius 1 is 1.19 bits per heavy atom. The average molecular weight is 305 g/mol. The van der Waals surface area contributed by atoms with Gasteiger partial charge in [-0.3, -0.25) is 4.79 Å². The molecule has 2 atom stereocenters. The molecule has 0 bridgehead atoms. The van der Waals surface area contributed by atoms with E-state index in [-0.39, 0.29) is 6.04 Å². The number of amides is 1. The van der Waals surface area contributed by atoms with Gasteiger partial charge in [-0.05, 0) is 36.8 Å². The van der Waals surface area contributed by atoms with Crippen LogP contribution >= 0.6 is 11.6 Å². The number of carbonyl (C=O) groups is 1. The number of ether oxygens (including phenoxy) is 1. The lowest BCUT2D eigenvalue weighted by atomic mass is 10.0. The molecule has 1 amide bonds. The molecular weight excluding hydrogens is 288 g/mol. The molecule has 5 heteroatoms. The molecule has 0 radical (unpaired) electrons. The minimum absolute atomic E-state index is 0.288. The summed E-state index contributed by atoms with van der Waals surface area (Å²) in [6.45, 7) is 1.83. The van der Waals surface area contributed by atoms with Crippen LogP contribution in [0.15, 0.2) is 48.5 Å². The van der Waals surface area contributed by atoms with Crippen molar-refractivity contribution in [1.82, 2.24) is 0 Å². The van der Waals surface area contributed by atoms with E-state index in [1.54, 1.807) is 36.4 Å². The van der Waals surface area contributed by atoms with Crippen LogP contribution in [0.1, 0.15) is 28.9 Å². The number of hydrogen-bond acceptors (Lipinski definition) is 3. The Morgan fingerprint density at radius 2 is 1.90 bits per heavy atom. The summed E-state index contributed by atoms with van der Waals surface area (Å²) in [7, 11) is 0. The first-order valence-electron chi connectivity index (χ1n) is 6.55. The van der Waals surface area contributed by atoms with Crippen LogP contribution in [0.3, 0.4) is 0 Å². The van der Waals surface area contributed by atoms with E-state index in [0.717, 1.165) is 5.56 Å². The molecular formula is C16H17ClN2O2. The molecule has 0 saturated carbocycles. The second-order valence-corrected chi connectivity index (χ2v) is 5.25. The van der Waals surface area contributed by atoms with Crippen molar-refractivity contribution in [2.24, 2.45) is 11.5 Å². The van der Waals surface area contributed by atoms with Crippen molar-refractivity contribution in [3.05, 3.63) is 64.7 Å². The quantitative estimate of drug-likeness (QED) is 0.891. The number of nitrogens with two attached hydrogens (primary N) is 2. The topological polar surface area (TPSA) is 78.3 Å². The van der Waals surface area contributed by atoms with Gasteiger partial charge >= 0.3 is 0 Å². The zero-order valence-electron chi connectivity index (χ0n) is 11.6. The molecule has 21 heavy (non-hydrogen) atoms. The van der Waals surface area contributed by atoms with Gasteiger partial charge in [0.15, 0.2) is 0 Å². The summed E-state index contributed by atoms with van der Waals surface area (Å²) in [5.74, 6) is -0.132. The Balaban J connectivity index is 2.36. The molecule has 4 nitrogen and oxygen atoms in total. The maximum absolute atomic E-state index is 11.5. The standard InChI is InChI=1S/C16H17ClN2O2/c1-10(18)15(11-5-4-6-12(17)9-11)21-14-8-3-2-7-13(14)16(19)20/h2-10,15H,18H2,1H3,(H2,19,20). The van der Waals surface area contributed by atoms with E-state index in [4.69, 9.17) is 27.8 Å². The van der Waals surface area contributed by atoms with Gasteiger partial charge in [-0.2, -0.15) is 0 Å². The third-order valence-electron chi connectivity index (χ3n) is 3.06. The normalized spacial score (nSPS) is 13.5. The fourth-order valence-corrected chi connectivity index (χ4v) is 2.27. The number of carbonyl (C=O) groups excluding carboxylic acids is 1. The third-order valence-corrected chi connectivity index (χ3v) is 3.30. The molecule has 0 aliphatic rings. The van der Waals surface area contributed by atoms with Gasteiger partial charge in [0.2, 0.25) is 0 Å². The molecule has 110 valence electrons.